The lowest BCUT2D eigenvalue weighted by molar-refractivity contribution is 0.313. The number of hydrogen-bond donors (Lipinski definition) is 1. The van der Waals surface area contributed by atoms with E-state index in [1.807, 2.05) is 0 Å². The zero-order valence-electron chi connectivity index (χ0n) is 5.22. The molecule has 0 radical (unpaired) electrons. The molecule has 2 aliphatic rings. The lowest BCUT2D eigenvalue weighted by Gasteiger charge is -2.26. The molecule has 2 saturated heterocycles. The van der Waals surface area contributed by atoms with Gasteiger partial charge >= 0.3 is 0 Å². The van der Waals surface area contributed by atoms with E-state index >= 15 is 0 Å². The lowest BCUT2D eigenvalue weighted by Crippen LogP contribution is -2.45. The summed E-state index contributed by atoms with van der Waals surface area (Å²) in [5, 5.41) is 3.28. The summed E-state index contributed by atoms with van der Waals surface area (Å²) in [6, 6.07) is 0.941. The first kappa shape index (κ1) is 4.77. The van der Waals surface area contributed by atoms with Crippen molar-refractivity contribution in [2.75, 3.05) is 26.7 Å². The molecule has 2 heterocycles. The summed E-state index contributed by atoms with van der Waals surface area (Å²) in [6.45, 7) is 3.86. The average molecular weight is 112 g/mol. The third kappa shape index (κ3) is 0.565. The summed E-state index contributed by atoms with van der Waals surface area (Å²) in [5.41, 5.74) is 0. The van der Waals surface area contributed by atoms with E-state index in [2.05, 4.69) is 17.3 Å². The molecular formula is C6H12N2. The summed E-state index contributed by atoms with van der Waals surface area (Å²) in [4.78, 5) is 2.41. The molecule has 0 spiro atoms. The highest BCUT2D eigenvalue weighted by molar-refractivity contribution is 4.97. The maximum Gasteiger partial charge on any atom is 0.0273 e. The highest BCUT2D eigenvalue weighted by atomic mass is 15.3. The van der Waals surface area contributed by atoms with Gasteiger partial charge in [-0.3, -0.25) is 0 Å². The van der Waals surface area contributed by atoms with Crippen molar-refractivity contribution >= 4 is 0 Å². The Morgan fingerprint density at radius 1 is 1.50 bits per heavy atom. The smallest absolute Gasteiger partial charge is 0.0273 e. The van der Waals surface area contributed by atoms with Gasteiger partial charge in [-0.25, -0.2) is 0 Å². The molecule has 1 N–H and O–H groups in total. The Kier molecular flexibility index (Phi) is 0.866. The van der Waals surface area contributed by atoms with Gasteiger partial charge in [0.1, 0.15) is 0 Å². The number of nitrogens with zero attached hydrogens (tertiary/aromatic N) is 1. The van der Waals surface area contributed by atoms with Crippen LogP contribution < -0.4 is 5.32 Å². The fraction of sp³-hybridized carbons (Fsp3) is 1.00. The van der Waals surface area contributed by atoms with E-state index < -0.39 is 0 Å². The van der Waals surface area contributed by atoms with Crippen LogP contribution in [0.1, 0.15) is 0 Å². The van der Waals surface area contributed by atoms with E-state index in [1.54, 1.807) is 0 Å². The molecule has 2 heteroatoms. The molecule has 2 unspecified atom stereocenters. The van der Waals surface area contributed by atoms with Crippen molar-refractivity contribution < 1.29 is 0 Å². The largest absolute Gasteiger partial charge is 0.316 e. The van der Waals surface area contributed by atoms with Gasteiger partial charge in [-0.1, -0.05) is 0 Å². The minimum absolute atomic E-state index is 0.941. The molecule has 2 atom stereocenters. The van der Waals surface area contributed by atoms with Gasteiger partial charge in [0, 0.05) is 31.6 Å². The summed E-state index contributed by atoms with van der Waals surface area (Å²) < 4.78 is 0. The van der Waals surface area contributed by atoms with Crippen molar-refractivity contribution in [1.29, 1.82) is 0 Å². The van der Waals surface area contributed by atoms with Crippen LogP contribution in [0.25, 0.3) is 0 Å². The molecule has 2 rings (SSSR count). The third-order valence-corrected chi connectivity index (χ3v) is 2.26. The minimum Gasteiger partial charge on any atom is -0.316 e. The first-order valence-electron chi connectivity index (χ1n) is 3.29. The molecule has 2 aliphatic heterocycles. The Balaban J connectivity index is 1.82. The van der Waals surface area contributed by atoms with Gasteiger partial charge in [0.15, 0.2) is 0 Å². The Bertz CT molecular complexity index is 95.9. The summed E-state index contributed by atoms with van der Waals surface area (Å²) >= 11 is 0. The number of nitrogens with one attached hydrogen (secondary N) is 1. The van der Waals surface area contributed by atoms with Gasteiger partial charge in [-0.15, -0.1) is 0 Å². The second-order valence-corrected chi connectivity index (χ2v) is 2.93. The Hall–Kier alpha value is -0.0800. The van der Waals surface area contributed by atoms with Gasteiger partial charge < -0.3 is 10.2 Å². The van der Waals surface area contributed by atoms with Crippen LogP contribution in [-0.2, 0) is 0 Å². The monoisotopic (exact) mass is 112 g/mol. The molecule has 2 fully saturated rings. The summed E-state index contributed by atoms with van der Waals surface area (Å²) in [7, 11) is 2.20. The van der Waals surface area contributed by atoms with Gasteiger partial charge in [0.2, 0.25) is 0 Å². The number of likely N-dealkylation sites (N-methyl/N-ethyl adjacent to an activating group) is 1. The quantitative estimate of drug-likeness (QED) is 0.461. The van der Waals surface area contributed by atoms with E-state index in [0.717, 1.165) is 12.0 Å². The van der Waals surface area contributed by atoms with Crippen LogP contribution in [0.4, 0.5) is 0 Å². The predicted molar refractivity (Wildman–Crippen MR) is 32.8 cm³/mol. The highest BCUT2D eigenvalue weighted by Crippen LogP contribution is 2.25. The SMILES string of the molecule is CN1CC1C1CNC1. The van der Waals surface area contributed by atoms with Gasteiger partial charge in [0.25, 0.3) is 0 Å². The van der Waals surface area contributed by atoms with Crippen LogP contribution in [0.3, 0.4) is 0 Å². The van der Waals surface area contributed by atoms with E-state index in [0.29, 0.717) is 0 Å². The molecule has 0 amide bonds. The maximum atomic E-state index is 3.28. The molecule has 0 aliphatic carbocycles. The van der Waals surface area contributed by atoms with Crippen molar-refractivity contribution in [3.63, 3.8) is 0 Å². The molecule has 0 aromatic carbocycles. The fourth-order valence-corrected chi connectivity index (χ4v) is 1.34. The Labute approximate surface area is 49.9 Å². The van der Waals surface area contributed by atoms with Crippen molar-refractivity contribution in [2.45, 2.75) is 6.04 Å². The number of hydrogen-bond acceptors (Lipinski definition) is 2. The molecule has 8 heavy (non-hydrogen) atoms. The Morgan fingerprint density at radius 3 is 2.25 bits per heavy atom. The summed E-state index contributed by atoms with van der Waals surface area (Å²) in [6.07, 6.45) is 0. The molecule has 0 aromatic rings. The van der Waals surface area contributed by atoms with Gasteiger partial charge in [-0.2, -0.15) is 0 Å². The summed E-state index contributed by atoms with van der Waals surface area (Å²) in [5.74, 6) is 0.986. The second kappa shape index (κ2) is 1.45. The van der Waals surface area contributed by atoms with Crippen molar-refractivity contribution in [3.8, 4) is 0 Å². The first-order chi connectivity index (χ1) is 3.88. The van der Waals surface area contributed by atoms with E-state index in [4.69, 9.17) is 0 Å². The zero-order valence-corrected chi connectivity index (χ0v) is 5.22. The minimum atomic E-state index is 0.941. The second-order valence-electron chi connectivity index (χ2n) is 2.93. The average Bonchev–Trinajstić information content (AvgIpc) is 2.13. The first-order valence-corrected chi connectivity index (χ1v) is 3.29. The van der Waals surface area contributed by atoms with Crippen molar-refractivity contribution in [2.24, 2.45) is 5.92 Å². The van der Waals surface area contributed by atoms with Crippen LogP contribution in [-0.4, -0.2) is 37.6 Å². The molecule has 2 nitrogen and oxygen atoms in total. The molecule has 46 valence electrons. The number of rotatable bonds is 1. The fourth-order valence-electron chi connectivity index (χ4n) is 1.34. The van der Waals surface area contributed by atoms with Crippen LogP contribution in [0.15, 0.2) is 0 Å². The normalized spacial score (nSPS) is 46.1. The van der Waals surface area contributed by atoms with Crippen LogP contribution in [0.2, 0.25) is 0 Å². The van der Waals surface area contributed by atoms with E-state index in [1.165, 1.54) is 19.6 Å². The van der Waals surface area contributed by atoms with Crippen molar-refractivity contribution in [1.82, 2.24) is 10.2 Å². The van der Waals surface area contributed by atoms with E-state index in [-0.39, 0.29) is 0 Å². The van der Waals surface area contributed by atoms with Crippen LogP contribution >= 0.6 is 0 Å². The molecule has 0 bridgehead atoms. The maximum absolute atomic E-state index is 3.28. The topological polar surface area (TPSA) is 15.0 Å². The standard InChI is InChI=1S/C6H12N2/c1-8-4-6(8)5-2-7-3-5/h5-7H,2-4H2,1H3. The van der Waals surface area contributed by atoms with Crippen LogP contribution in [0, 0.1) is 5.92 Å². The van der Waals surface area contributed by atoms with Crippen LogP contribution in [0.5, 0.6) is 0 Å². The van der Waals surface area contributed by atoms with E-state index in [9.17, 15) is 0 Å². The van der Waals surface area contributed by atoms with Gasteiger partial charge in [0.05, 0.1) is 0 Å². The highest BCUT2D eigenvalue weighted by Gasteiger charge is 2.39. The Morgan fingerprint density at radius 2 is 2.12 bits per heavy atom. The van der Waals surface area contributed by atoms with Gasteiger partial charge in [-0.05, 0) is 7.05 Å². The zero-order chi connectivity index (χ0) is 5.56. The molecule has 0 aromatic heterocycles. The lowest BCUT2D eigenvalue weighted by atomic mass is 10.00. The molecule has 0 saturated carbocycles. The molecular weight excluding hydrogens is 100 g/mol. The van der Waals surface area contributed by atoms with Crippen molar-refractivity contribution in [3.05, 3.63) is 0 Å². The predicted octanol–water partition coefficient (Wildman–Crippen LogP) is -0.480. The third-order valence-electron chi connectivity index (χ3n) is 2.26.